The molecule has 0 radical (unpaired) electrons. The normalized spacial score (nSPS) is 22.3. The molecule has 2 aliphatic rings. The van der Waals surface area contributed by atoms with E-state index < -0.39 is 11.6 Å². The molecule has 2 heterocycles. The summed E-state index contributed by atoms with van der Waals surface area (Å²) in [6.07, 6.45) is 3.13. The van der Waals surface area contributed by atoms with E-state index in [0.29, 0.717) is 25.7 Å². The summed E-state index contributed by atoms with van der Waals surface area (Å²) in [5.74, 6) is -0.406. The van der Waals surface area contributed by atoms with Crippen LogP contribution in [0.3, 0.4) is 0 Å². The molecule has 0 aliphatic carbocycles. The van der Waals surface area contributed by atoms with E-state index in [2.05, 4.69) is 15.5 Å². The molecule has 1 aromatic carbocycles. The number of aliphatic imine (C=N–C) groups is 1. The van der Waals surface area contributed by atoms with E-state index in [0.717, 1.165) is 63.7 Å². The molecule has 3 rings (SSSR count). The molecule has 6 nitrogen and oxygen atoms in total. The van der Waals surface area contributed by atoms with Gasteiger partial charge in [-0.25, -0.2) is 8.78 Å². The van der Waals surface area contributed by atoms with Gasteiger partial charge >= 0.3 is 0 Å². The Morgan fingerprint density at radius 2 is 2.17 bits per heavy atom. The number of benzene rings is 1. The third-order valence-electron chi connectivity index (χ3n) is 5.26. The first kappa shape index (κ1) is 21.8. The van der Waals surface area contributed by atoms with Crippen LogP contribution in [-0.4, -0.2) is 64.6 Å². The molecule has 0 amide bonds. The van der Waals surface area contributed by atoms with Gasteiger partial charge in [-0.3, -0.25) is 4.99 Å². The van der Waals surface area contributed by atoms with Crippen molar-refractivity contribution >= 4 is 11.6 Å². The molecule has 0 saturated carbocycles. The van der Waals surface area contributed by atoms with Crippen molar-refractivity contribution < 1.29 is 18.3 Å². The molecule has 2 unspecified atom stereocenters. The third kappa shape index (κ3) is 6.82. The van der Waals surface area contributed by atoms with Gasteiger partial charge in [-0.1, -0.05) is 0 Å². The van der Waals surface area contributed by atoms with Crippen LogP contribution in [-0.2, 0) is 9.47 Å². The molecular formula is C21H32F2N4O2. The molecule has 1 aromatic rings. The van der Waals surface area contributed by atoms with Crippen LogP contribution in [0.4, 0.5) is 14.5 Å². The monoisotopic (exact) mass is 410 g/mol. The summed E-state index contributed by atoms with van der Waals surface area (Å²) < 4.78 is 37.7. The fraction of sp³-hybridized carbons (Fsp3) is 0.667. The van der Waals surface area contributed by atoms with E-state index >= 15 is 0 Å². The smallest absolute Gasteiger partial charge is 0.191 e. The van der Waals surface area contributed by atoms with E-state index in [9.17, 15) is 8.78 Å². The Morgan fingerprint density at radius 1 is 1.28 bits per heavy atom. The van der Waals surface area contributed by atoms with Crippen molar-refractivity contribution in [3.05, 3.63) is 29.8 Å². The number of guanidine groups is 1. The van der Waals surface area contributed by atoms with Crippen molar-refractivity contribution in [3.8, 4) is 0 Å². The number of halogens is 2. The maximum Gasteiger partial charge on any atom is 0.191 e. The van der Waals surface area contributed by atoms with Gasteiger partial charge in [0, 0.05) is 57.7 Å². The van der Waals surface area contributed by atoms with Crippen LogP contribution < -0.4 is 15.5 Å². The summed E-state index contributed by atoms with van der Waals surface area (Å²) in [7, 11) is 0. The molecule has 29 heavy (non-hydrogen) atoms. The second-order valence-corrected chi connectivity index (χ2v) is 7.56. The maximum atomic E-state index is 13.5. The van der Waals surface area contributed by atoms with E-state index in [-0.39, 0.29) is 6.10 Å². The van der Waals surface area contributed by atoms with Crippen LogP contribution in [0.1, 0.15) is 26.2 Å². The van der Waals surface area contributed by atoms with Crippen molar-refractivity contribution in [2.24, 2.45) is 10.9 Å². The average Bonchev–Trinajstić information content (AvgIpc) is 3.40. The zero-order chi connectivity index (χ0) is 20.5. The van der Waals surface area contributed by atoms with Crippen LogP contribution in [0.5, 0.6) is 0 Å². The van der Waals surface area contributed by atoms with Crippen molar-refractivity contribution in [3.63, 3.8) is 0 Å². The first-order valence-corrected chi connectivity index (χ1v) is 10.6. The van der Waals surface area contributed by atoms with Gasteiger partial charge in [0.25, 0.3) is 0 Å². The lowest BCUT2D eigenvalue weighted by Gasteiger charge is -2.18. The maximum absolute atomic E-state index is 13.5. The molecular weight excluding hydrogens is 378 g/mol. The summed E-state index contributed by atoms with van der Waals surface area (Å²) in [6, 6.07) is 4.09. The van der Waals surface area contributed by atoms with Gasteiger partial charge in [0.15, 0.2) is 17.6 Å². The number of hydrogen-bond acceptors (Lipinski definition) is 4. The van der Waals surface area contributed by atoms with E-state index in [1.165, 1.54) is 12.1 Å². The predicted octanol–water partition coefficient (Wildman–Crippen LogP) is 2.54. The fourth-order valence-electron chi connectivity index (χ4n) is 3.63. The molecule has 2 aliphatic heterocycles. The number of hydrogen-bond donors (Lipinski definition) is 2. The molecule has 2 N–H and O–H groups in total. The molecule has 2 atom stereocenters. The van der Waals surface area contributed by atoms with Gasteiger partial charge in [-0.15, -0.1) is 0 Å². The van der Waals surface area contributed by atoms with Crippen molar-refractivity contribution in [2.45, 2.75) is 32.3 Å². The summed E-state index contributed by atoms with van der Waals surface area (Å²) in [5, 5.41) is 6.62. The van der Waals surface area contributed by atoms with Gasteiger partial charge in [0.1, 0.15) is 0 Å². The predicted molar refractivity (Wildman–Crippen MR) is 110 cm³/mol. The largest absolute Gasteiger partial charge is 0.379 e. The summed E-state index contributed by atoms with van der Waals surface area (Å²) >= 11 is 0. The van der Waals surface area contributed by atoms with E-state index in [1.54, 1.807) is 6.07 Å². The Bertz CT molecular complexity index is 668. The lowest BCUT2D eigenvalue weighted by Crippen LogP contribution is -2.38. The Morgan fingerprint density at radius 3 is 2.93 bits per heavy atom. The lowest BCUT2D eigenvalue weighted by atomic mass is 10.1. The van der Waals surface area contributed by atoms with Crippen LogP contribution in [0.15, 0.2) is 23.2 Å². The van der Waals surface area contributed by atoms with E-state index in [1.807, 2.05) is 6.92 Å². The minimum atomic E-state index is -0.808. The molecule has 2 saturated heterocycles. The standard InChI is InChI=1S/C21H32F2N4O2/c1-2-24-21(25-8-3-10-29-18-7-11-28-15-18)26-13-16-6-9-27(14-16)17-4-5-19(22)20(23)12-17/h4-5,12,16,18H,2-3,6-11,13-15H2,1H3,(H2,24,25,26). The number of anilines is 1. The topological polar surface area (TPSA) is 58.1 Å². The highest BCUT2D eigenvalue weighted by atomic mass is 19.2. The van der Waals surface area contributed by atoms with Crippen molar-refractivity contribution in [1.29, 1.82) is 0 Å². The minimum Gasteiger partial charge on any atom is -0.379 e. The first-order valence-electron chi connectivity index (χ1n) is 10.6. The van der Waals surface area contributed by atoms with Crippen molar-refractivity contribution in [2.75, 3.05) is 57.4 Å². The average molecular weight is 411 g/mol. The number of nitrogens with one attached hydrogen (secondary N) is 2. The van der Waals surface area contributed by atoms with Crippen LogP contribution in [0.2, 0.25) is 0 Å². The zero-order valence-electron chi connectivity index (χ0n) is 17.1. The second kappa shape index (κ2) is 11.3. The van der Waals surface area contributed by atoms with Gasteiger partial charge in [0.2, 0.25) is 0 Å². The van der Waals surface area contributed by atoms with Gasteiger partial charge in [-0.05, 0) is 44.2 Å². The second-order valence-electron chi connectivity index (χ2n) is 7.56. The third-order valence-corrected chi connectivity index (χ3v) is 5.26. The first-order chi connectivity index (χ1) is 14.2. The van der Waals surface area contributed by atoms with Crippen LogP contribution >= 0.6 is 0 Å². The Balaban J connectivity index is 1.39. The Hall–Kier alpha value is -1.93. The van der Waals surface area contributed by atoms with Crippen LogP contribution in [0.25, 0.3) is 0 Å². The number of ether oxygens (including phenoxy) is 2. The lowest BCUT2D eigenvalue weighted by molar-refractivity contribution is 0.0420. The Kier molecular flexibility index (Phi) is 8.49. The SMILES string of the molecule is CCNC(=NCC1CCN(c2ccc(F)c(F)c2)C1)NCCCOC1CCOC1. The minimum absolute atomic E-state index is 0.247. The molecule has 8 heteroatoms. The number of nitrogens with zero attached hydrogens (tertiary/aromatic N) is 2. The van der Waals surface area contributed by atoms with Crippen LogP contribution in [0, 0.1) is 17.6 Å². The zero-order valence-corrected chi connectivity index (χ0v) is 17.1. The molecule has 0 spiro atoms. The highest BCUT2D eigenvalue weighted by Crippen LogP contribution is 2.25. The fourth-order valence-corrected chi connectivity index (χ4v) is 3.63. The quantitative estimate of drug-likeness (QED) is 0.372. The molecule has 162 valence electrons. The summed E-state index contributed by atoms with van der Waals surface area (Å²) in [6.45, 7) is 8.19. The molecule has 2 fully saturated rings. The molecule has 0 aromatic heterocycles. The summed E-state index contributed by atoms with van der Waals surface area (Å²) in [4.78, 5) is 6.79. The number of rotatable bonds is 9. The summed E-state index contributed by atoms with van der Waals surface area (Å²) in [5.41, 5.74) is 0.730. The van der Waals surface area contributed by atoms with E-state index in [4.69, 9.17) is 14.5 Å². The molecule has 0 bridgehead atoms. The highest BCUT2D eigenvalue weighted by Gasteiger charge is 2.23. The van der Waals surface area contributed by atoms with Gasteiger partial charge in [-0.2, -0.15) is 0 Å². The van der Waals surface area contributed by atoms with Gasteiger partial charge in [0.05, 0.1) is 12.7 Å². The van der Waals surface area contributed by atoms with Crippen molar-refractivity contribution in [1.82, 2.24) is 10.6 Å². The van der Waals surface area contributed by atoms with Gasteiger partial charge < -0.3 is 25.0 Å². The highest BCUT2D eigenvalue weighted by molar-refractivity contribution is 5.79. The Labute approximate surface area is 171 Å².